The highest BCUT2D eigenvalue weighted by molar-refractivity contribution is 9.10. The number of carbonyl (C=O) groups is 4. The van der Waals surface area contributed by atoms with Gasteiger partial charge < -0.3 is 25.5 Å². The van der Waals surface area contributed by atoms with Crippen LogP contribution in [-0.4, -0.2) is 77.2 Å². The van der Waals surface area contributed by atoms with Gasteiger partial charge in [0, 0.05) is 35.4 Å². The summed E-state index contributed by atoms with van der Waals surface area (Å²) in [6, 6.07) is 5.75. The van der Waals surface area contributed by atoms with Crippen LogP contribution in [0.15, 0.2) is 40.4 Å². The summed E-state index contributed by atoms with van der Waals surface area (Å²) in [6.07, 6.45) is 0.726. The topological polar surface area (TPSA) is 128 Å². The number of halogens is 1. The van der Waals surface area contributed by atoms with Crippen molar-refractivity contribution < 1.29 is 29.1 Å². The summed E-state index contributed by atoms with van der Waals surface area (Å²) >= 11 is 3.51. The van der Waals surface area contributed by atoms with Crippen molar-refractivity contribution in [3.63, 3.8) is 0 Å². The maximum absolute atomic E-state index is 14.0. The zero-order chi connectivity index (χ0) is 32.2. The summed E-state index contributed by atoms with van der Waals surface area (Å²) in [5, 5.41) is 16.8. The van der Waals surface area contributed by atoms with Gasteiger partial charge in [0.15, 0.2) is 6.23 Å². The molecule has 3 N–H and O–H groups in total. The van der Waals surface area contributed by atoms with E-state index >= 15 is 0 Å². The van der Waals surface area contributed by atoms with Gasteiger partial charge in [0.2, 0.25) is 11.8 Å². The van der Waals surface area contributed by atoms with Crippen LogP contribution in [0.2, 0.25) is 0 Å². The highest BCUT2D eigenvalue weighted by Gasteiger charge is 2.42. The molecule has 1 aromatic rings. The number of nitrogens with zero attached hydrogens (tertiary/aromatic N) is 2. The first-order valence-corrected chi connectivity index (χ1v) is 15.0. The third-order valence-electron chi connectivity index (χ3n) is 7.78. The number of likely N-dealkylation sites (N-methyl/N-ethyl adjacent to an activating group) is 2. The summed E-state index contributed by atoms with van der Waals surface area (Å²) in [5.74, 6) is -1.98. The number of rotatable bonds is 11. The number of hydroxylamine groups is 2. The normalized spacial score (nSPS) is 18.5. The monoisotopic (exact) mass is 650 g/mol. The van der Waals surface area contributed by atoms with Gasteiger partial charge in [0.1, 0.15) is 6.04 Å². The zero-order valence-electron chi connectivity index (χ0n) is 26.4. The van der Waals surface area contributed by atoms with Gasteiger partial charge in [-0.05, 0) is 43.0 Å². The minimum atomic E-state index is -1.18. The summed E-state index contributed by atoms with van der Waals surface area (Å²) in [5.41, 5.74) is -0.101. The second kappa shape index (κ2) is 14.1. The quantitative estimate of drug-likeness (QED) is 0.312. The molecule has 1 fully saturated rings. The molecule has 1 aromatic carbocycles. The van der Waals surface area contributed by atoms with E-state index in [0.717, 1.165) is 10.0 Å². The number of carbonyl (C=O) groups excluding carboxylic acids is 4. The fourth-order valence-corrected chi connectivity index (χ4v) is 5.49. The van der Waals surface area contributed by atoms with Gasteiger partial charge in [0.25, 0.3) is 5.91 Å². The second-order valence-corrected chi connectivity index (χ2v) is 13.8. The van der Waals surface area contributed by atoms with E-state index in [0.29, 0.717) is 5.06 Å². The lowest BCUT2D eigenvalue weighted by Crippen LogP contribution is -2.61. The molecule has 0 radical (unpaired) electrons. The summed E-state index contributed by atoms with van der Waals surface area (Å²) in [7, 11) is 3.36. The van der Waals surface area contributed by atoms with Crippen molar-refractivity contribution in [2.75, 3.05) is 14.1 Å². The third-order valence-corrected chi connectivity index (χ3v) is 8.27. The molecule has 1 saturated heterocycles. The molecular weight excluding hydrogens is 604 g/mol. The molecule has 2 rings (SSSR count). The SMILES string of the molecule is CN[C@@H](C(=O)N[C@H](C(=O)N(C)[C@H](/C=C(\C)C(=O)ON1C(=O)CCC1O)C(C)C)C(C)(C)C)C(C)(C)c1cccc(Br)c1. The Kier molecular flexibility index (Phi) is 11.9. The van der Waals surface area contributed by atoms with E-state index in [-0.39, 0.29) is 36.1 Å². The first-order valence-electron chi connectivity index (χ1n) is 14.2. The van der Waals surface area contributed by atoms with E-state index in [9.17, 15) is 24.3 Å². The Morgan fingerprint density at radius 1 is 1.17 bits per heavy atom. The van der Waals surface area contributed by atoms with Gasteiger partial charge >= 0.3 is 5.97 Å². The van der Waals surface area contributed by atoms with Gasteiger partial charge in [0.05, 0.1) is 12.1 Å². The molecule has 1 aliphatic rings. The number of aliphatic hydroxyl groups is 1. The predicted molar refractivity (Wildman–Crippen MR) is 165 cm³/mol. The Labute approximate surface area is 258 Å². The maximum atomic E-state index is 14.0. The lowest BCUT2D eigenvalue weighted by Gasteiger charge is -2.40. The molecule has 0 saturated carbocycles. The van der Waals surface area contributed by atoms with Gasteiger partial charge in [-0.25, -0.2) is 4.79 Å². The van der Waals surface area contributed by atoms with Crippen molar-refractivity contribution in [1.82, 2.24) is 20.6 Å². The van der Waals surface area contributed by atoms with E-state index in [4.69, 9.17) is 4.84 Å². The lowest BCUT2D eigenvalue weighted by molar-refractivity contribution is -0.217. The van der Waals surface area contributed by atoms with Crippen LogP contribution in [-0.2, 0) is 29.4 Å². The van der Waals surface area contributed by atoms with Crippen molar-refractivity contribution in [1.29, 1.82) is 0 Å². The largest absolute Gasteiger partial charge is 0.370 e. The van der Waals surface area contributed by atoms with E-state index in [1.165, 1.54) is 11.8 Å². The fraction of sp³-hybridized carbons (Fsp3) is 0.613. The standard InChI is InChI=1S/C31H47BrN4O6/c1-18(2)22(16-19(3)29(41)42-36-23(37)14-15-24(36)38)35(10)28(40)26(30(4,5)6)34-27(39)25(33-9)31(7,8)20-12-11-13-21(32)17-20/h11-13,16-18,22-23,25-26,33,37H,14-15H2,1-10H3,(H,34,39)/b19-16+/t22-,23?,25+,26-/m1/s1. The fourth-order valence-electron chi connectivity index (χ4n) is 5.10. The molecule has 234 valence electrons. The number of nitrogens with one attached hydrogen (secondary N) is 2. The number of benzene rings is 1. The van der Waals surface area contributed by atoms with Crippen LogP contribution in [0.25, 0.3) is 0 Å². The van der Waals surface area contributed by atoms with Crippen molar-refractivity contribution in [3.8, 4) is 0 Å². The van der Waals surface area contributed by atoms with Crippen molar-refractivity contribution in [2.24, 2.45) is 11.3 Å². The Bertz CT molecular complexity index is 1190. The second-order valence-electron chi connectivity index (χ2n) is 12.9. The van der Waals surface area contributed by atoms with Crippen LogP contribution in [0, 0.1) is 11.3 Å². The third kappa shape index (κ3) is 8.41. The summed E-state index contributed by atoms with van der Waals surface area (Å²) in [4.78, 5) is 59.1. The average Bonchev–Trinajstić information content (AvgIpc) is 3.20. The van der Waals surface area contributed by atoms with Crippen molar-refractivity contribution in [3.05, 3.63) is 46.0 Å². The molecule has 0 aliphatic carbocycles. The van der Waals surface area contributed by atoms with E-state index in [1.54, 1.807) is 20.2 Å². The average molecular weight is 652 g/mol. The molecule has 11 heteroatoms. The Hall–Kier alpha value is -2.76. The Balaban J connectivity index is 2.31. The van der Waals surface area contributed by atoms with Crippen molar-refractivity contribution in [2.45, 2.75) is 98.0 Å². The van der Waals surface area contributed by atoms with Gasteiger partial charge in [-0.2, -0.15) is 0 Å². The van der Waals surface area contributed by atoms with E-state index in [1.807, 2.05) is 72.7 Å². The van der Waals surface area contributed by atoms with E-state index in [2.05, 4.69) is 26.6 Å². The smallest absolute Gasteiger partial charge is 0.358 e. The van der Waals surface area contributed by atoms with Gasteiger partial charge in [-0.1, -0.05) is 82.6 Å². The Morgan fingerprint density at radius 3 is 2.26 bits per heavy atom. The van der Waals surface area contributed by atoms with Crippen LogP contribution in [0.4, 0.5) is 0 Å². The molecule has 42 heavy (non-hydrogen) atoms. The molecule has 1 unspecified atom stereocenters. The van der Waals surface area contributed by atoms with Crippen LogP contribution in [0.3, 0.4) is 0 Å². The number of hydrogen-bond acceptors (Lipinski definition) is 7. The molecule has 1 heterocycles. The molecule has 3 amide bonds. The molecule has 0 spiro atoms. The van der Waals surface area contributed by atoms with Crippen LogP contribution < -0.4 is 10.6 Å². The molecule has 0 bridgehead atoms. The summed E-state index contributed by atoms with van der Waals surface area (Å²) in [6.45, 7) is 15.0. The minimum absolute atomic E-state index is 0.0947. The molecule has 4 atom stereocenters. The van der Waals surface area contributed by atoms with Crippen molar-refractivity contribution >= 4 is 39.6 Å². The van der Waals surface area contributed by atoms with E-state index < -0.39 is 47.1 Å². The number of amides is 3. The molecule has 1 aliphatic heterocycles. The predicted octanol–water partition coefficient (Wildman–Crippen LogP) is 3.67. The van der Waals surface area contributed by atoms with Crippen LogP contribution in [0.5, 0.6) is 0 Å². The highest BCUT2D eigenvalue weighted by Crippen LogP contribution is 2.31. The Morgan fingerprint density at radius 2 is 1.79 bits per heavy atom. The van der Waals surface area contributed by atoms with Crippen LogP contribution >= 0.6 is 15.9 Å². The zero-order valence-corrected chi connectivity index (χ0v) is 28.0. The number of hydrogen-bond donors (Lipinski definition) is 3. The minimum Gasteiger partial charge on any atom is -0.370 e. The first-order chi connectivity index (χ1) is 19.3. The molecule has 10 nitrogen and oxygen atoms in total. The summed E-state index contributed by atoms with van der Waals surface area (Å²) < 4.78 is 0.905. The molecular formula is C31H47BrN4O6. The lowest BCUT2D eigenvalue weighted by atomic mass is 9.76. The number of aliphatic hydroxyl groups excluding tert-OH is 1. The highest BCUT2D eigenvalue weighted by atomic mass is 79.9. The van der Waals surface area contributed by atoms with Gasteiger partial charge in [-0.15, -0.1) is 5.06 Å². The first kappa shape index (κ1) is 35.4. The molecule has 0 aromatic heterocycles. The van der Waals surface area contributed by atoms with Gasteiger partial charge in [-0.3, -0.25) is 14.4 Å². The van der Waals surface area contributed by atoms with Crippen LogP contribution in [0.1, 0.15) is 73.8 Å². The maximum Gasteiger partial charge on any atom is 0.358 e.